The van der Waals surface area contributed by atoms with Crippen molar-refractivity contribution in [2.45, 2.75) is 38.6 Å². The molecule has 0 bridgehead atoms. The first kappa shape index (κ1) is 22.5. The van der Waals surface area contributed by atoms with E-state index >= 15 is 0 Å². The molecule has 0 unspecified atom stereocenters. The quantitative estimate of drug-likeness (QED) is 0.427. The van der Waals surface area contributed by atoms with E-state index in [0.717, 1.165) is 37.2 Å². The van der Waals surface area contributed by atoms with Gasteiger partial charge >= 0.3 is 0 Å². The molecule has 0 radical (unpaired) electrons. The summed E-state index contributed by atoms with van der Waals surface area (Å²) in [6.45, 7) is 2.77. The highest BCUT2D eigenvalue weighted by Gasteiger charge is 2.19. The SMILES string of the molecule is COc1cccc(CNC(=O)CCc2nnc3ccc(NCCCN4CCCC4=O)nn23)c1. The number of anilines is 1. The highest BCUT2D eigenvalue weighted by Crippen LogP contribution is 2.13. The standard InChI is InChI=1S/C23H29N7O3/c1-33-18-6-2-5-17(15-18)16-25-22(31)11-10-21-27-26-20-9-8-19(28-30(20)21)24-12-4-14-29-13-3-7-23(29)32/h2,5-6,8-9,15H,3-4,7,10-14,16H2,1H3,(H,24,28)(H,25,31). The Hall–Kier alpha value is -3.69. The molecule has 2 amide bonds. The van der Waals surface area contributed by atoms with Gasteiger partial charge in [-0.2, -0.15) is 4.52 Å². The number of nitrogens with zero attached hydrogens (tertiary/aromatic N) is 5. The number of aromatic nitrogens is 4. The molecule has 1 fully saturated rings. The molecule has 0 spiro atoms. The van der Waals surface area contributed by atoms with Crippen LogP contribution >= 0.6 is 0 Å². The van der Waals surface area contributed by atoms with Crippen LogP contribution in [0.2, 0.25) is 0 Å². The summed E-state index contributed by atoms with van der Waals surface area (Å²) in [4.78, 5) is 25.9. The summed E-state index contributed by atoms with van der Waals surface area (Å²) in [6.07, 6.45) is 3.20. The van der Waals surface area contributed by atoms with Crippen LogP contribution in [0, 0.1) is 0 Å². The highest BCUT2D eigenvalue weighted by atomic mass is 16.5. The van der Waals surface area contributed by atoms with Crippen molar-refractivity contribution in [3.05, 3.63) is 47.8 Å². The minimum Gasteiger partial charge on any atom is -0.497 e. The number of hydrogen-bond acceptors (Lipinski definition) is 7. The number of benzene rings is 1. The van der Waals surface area contributed by atoms with Gasteiger partial charge in [-0.15, -0.1) is 15.3 Å². The average molecular weight is 452 g/mol. The number of rotatable bonds is 11. The molecule has 0 saturated carbocycles. The number of fused-ring (bicyclic) bond motifs is 1. The van der Waals surface area contributed by atoms with Crippen LogP contribution in [0.3, 0.4) is 0 Å². The zero-order valence-corrected chi connectivity index (χ0v) is 18.8. The van der Waals surface area contributed by atoms with Crippen molar-refractivity contribution >= 4 is 23.3 Å². The first-order valence-corrected chi connectivity index (χ1v) is 11.2. The maximum absolute atomic E-state index is 12.3. The molecule has 0 atom stereocenters. The number of carbonyl (C=O) groups is 2. The zero-order valence-electron chi connectivity index (χ0n) is 18.8. The van der Waals surface area contributed by atoms with Crippen LogP contribution in [-0.2, 0) is 22.6 Å². The summed E-state index contributed by atoms with van der Waals surface area (Å²) in [6, 6.07) is 11.3. The molecule has 0 aliphatic carbocycles. The van der Waals surface area contributed by atoms with Gasteiger partial charge in [0.1, 0.15) is 11.6 Å². The fourth-order valence-corrected chi connectivity index (χ4v) is 3.81. The Balaban J connectivity index is 1.26. The lowest BCUT2D eigenvalue weighted by Crippen LogP contribution is -2.27. The van der Waals surface area contributed by atoms with Gasteiger partial charge in [0.25, 0.3) is 0 Å². The van der Waals surface area contributed by atoms with E-state index in [1.54, 1.807) is 11.6 Å². The van der Waals surface area contributed by atoms with Crippen LogP contribution in [0.25, 0.3) is 5.65 Å². The zero-order chi connectivity index (χ0) is 23.0. The second kappa shape index (κ2) is 10.8. The van der Waals surface area contributed by atoms with Crippen molar-refractivity contribution < 1.29 is 14.3 Å². The van der Waals surface area contributed by atoms with Crippen LogP contribution in [0.1, 0.15) is 37.1 Å². The van der Waals surface area contributed by atoms with Gasteiger partial charge in [0.15, 0.2) is 11.5 Å². The molecule has 33 heavy (non-hydrogen) atoms. The fraction of sp³-hybridized carbons (Fsp3) is 0.435. The third-order valence-electron chi connectivity index (χ3n) is 5.61. The molecule has 1 aliphatic heterocycles. The number of ether oxygens (including phenoxy) is 1. The largest absolute Gasteiger partial charge is 0.497 e. The van der Waals surface area contributed by atoms with Crippen molar-refractivity contribution in [3.8, 4) is 5.75 Å². The van der Waals surface area contributed by atoms with E-state index in [-0.39, 0.29) is 18.2 Å². The van der Waals surface area contributed by atoms with Gasteiger partial charge in [-0.05, 0) is 42.7 Å². The normalized spacial score (nSPS) is 13.5. The van der Waals surface area contributed by atoms with E-state index in [9.17, 15) is 9.59 Å². The lowest BCUT2D eigenvalue weighted by atomic mass is 10.2. The number of likely N-dealkylation sites (tertiary alicyclic amines) is 1. The summed E-state index contributed by atoms with van der Waals surface area (Å²) in [5, 5.41) is 19.1. The molecule has 174 valence electrons. The molecule has 2 N–H and O–H groups in total. The summed E-state index contributed by atoms with van der Waals surface area (Å²) in [7, 11) is 1.62. The number of nitrogens with one attached hydrogen (secondary N) is 2. The molecule has 1 saturated heterocycles. The number of hydrogen-bond donors (Lipinski definition) is 2. The van der Waals surface area contributed by atoms with E-state index in [1.165, 1.54) is 0 Å². The topological polar surface area (TPSA) is 114 Å². The first-order chi connectivity index (χ1) is 16.1. The van der Waals surface area contributed by atoms with Gasteiger partial charge in [-0.25, -0.2) is 0 Å². The second-order valence-corrected chi connectivity index (χ2v) is 8.00. The smallest absolute Gasteiger partial charge is 0.222 e. The predicted octanol–water partition coefficient (Wildman–Crippen LogP) is 1.81. The molecule has 1 aromatic carbocycles. The molecular weight excluding hydrogens is 422 g/mol. The molecule has 2 aromatic heterocycles. The number of amides is 2. The third kappa shape index (κ3) is 5.97. The van der Waals surface area contributed by atoms with Crippen LogP contribution in [-0.4, -0.2) is 63.3 Å². The Bertz CT molecular complexity index is 1110. The van der Waals surface area contributed by atoms with Gasteiger partial charge < -0.3 is 20.3 Å². The maximum atomic E-state index is 12.3. The summed E-state index contributed by atoms with van der Waals surface area (Å²) >= 11 is 0. The maximum Gasteiger partial charge on any atom is 0.222 e. The second-order valence-electron chi connectivity index (χ2n) is 8.00. The Morgan fingerprint density at radius 2 is 2.12 bits per heavy atom. The van der Waals surface area contributed by atoms with E-state index < -0.39 is 0 Å². The summed E-state index contributed by atoms with van der Waals surface area (Å²) in [5.74, 6) is 2.28. The first-order valence-electron chi connectivity index (χ1n) is 11.2. The summed E-state index contributed by atoms with van der Waals surface area (Å²) in [5.41, 5.74) is 1.61. The average Bonchev–Trinajstić information content (AvgIpc) is 3.44. The Kier molecular flexibility index (Phi) is 7.33. The third-order valence-corrected chi connectivity index (χ3v) is 5.61. The van der Waals surface area contributed by atoms with E-state index in [4.69, 9.17) is 4.74 Å². The Morgan fingerprint density at radius 3 is 2.94 bits per heavy atom. The van der Waals surface area contributed by atoms with Crippen LogP contribution < -0.4 is 15.4 Å². The molecule has 1 aliphatic rings. The van der Waals surface area contributed by atoms with Gasteiger partial charge in [-0.3, -0.25) is 9.59 Å². The molecule has 3 heterocycles. The van der Waals surface area contributed by atoms with Crippen molar-refractivity contribution in [2.24, 2.45) is 0 Å². The highest BCUT2D eigenvalue weighted by molar-refractivity contribution is 5.78. The van der Waals surface area contributed by atoms with Crippen LogP contribution in [0.5, 0.6) is 5.75 Å². The van der Waals surface area contributed by atoms with E-state index in [0.29, 0.717) is 43.2 Å². The van der Waals surface area contributed by atoms with E-state index in [2.05, 4.69) is 25.9 Å². The van der Waals surface area contributed by atoms with E-state index in [1.807, 2.05) is 41.3 Å². The minimum absolute atomic E-state index is 0.0692. The van der Waals surface area contributed by atoms with Crippen molar-refractivity contribution in [1.82, 2.24) is 30.0 Å². The predicted molar refractivity (Wildman–Crippen MR) is 123 cm³/mol. The number of aryl methyl sites for hydroxylation is 1. The molecule has 3 aromatic rings. The van der Waals surface area contributed by atoms with Crippen molar-refractivity contribution in [2.75, 3.05) is 32.1 Å². The number of carbonyl (C=O) groups excluding carboxylic acids is 2. The Morgan fingerprint density at radius 1 is 1.21 bits per heavy atom. The lowest BCUT2D eigenvalue weighted by Gasteiger charge is -2.15. The number of methoxy groups -OCH3 is 1. The van der Waals surface area contributed by atoms with Crippen molar-refractivity contribution in [1.29, 1.82) is 0 Å². The van der Waals surface area contributed by atoms with Crippen molar-refractivity contribution in [3.63, 3.8) is 0 Å². The lowest BCUT2D eigenvalue weighted by molar-refractivity contribution is -0.127. The van der Waals surface area contributed by atoms with Gasteiger partial charge in [0, 0.05) is 45.4 Å². The molecule has 4 rings (SSSR count). The molecule has 10 nitrogen and oxygen atoms in total. The van der Waals surface area contributed by atoms with Crippen LogP contribution in [0.4, 0.5) is 5.82 Å². The summed E-state index contributed by atoms with van der Waals surface area (Å²) < 4.78 is 6.88. The minimum atomic E-state index is -0.0692. The molecular formula is C23H29N7O3. The fourth-order valence-electron chi connectivity index (χ4n) is 3.81. The molecule has 10 heteroatoms. The monoisotopic (exact) mass is 451 g/mol. The van der Waals surface area contributed by atoms with Gasteiger partial charge in [0.05, 0.1) is 7.11 Å². The van der Waals surface area contributed by atoms with Gasteiger partial charge in [-0.1, -0.05) is 12.1 Å². The van der Waals surface area contributed by atoms with Gasteiger partial charge in [0.2, 0.25) is 11.8 Å². The van der Waals surface area contributed by atoms with Crippen LogP contribution in [0.15, 0.2) is 36.4 Å². The Labute approximate surface area is 192 Å².